The Kier molecular flexibility index (Phi) is 5.20. The van der Waals surface area contributed by atoms with E-state index in [0.29, 0.717) is 12.4 Å². The van der Waals surface area contributed by atoms with E-state index < -0.39 is 6.10 Å². The van der Waals surface area contributed by atoms with Crippen molar-refractivity contribution in [3.63, 3.8) is 0 Å². The van der Waals surface area contributed by atoms with Gasteiger partial charge in [-0.15, -0.1) is 4.37 Å². The number of hydrogen-bond acceptors (Lipinski definition) is 7. The Bertz CT molecular complexity index is 466. The van der Waals surface area contributed by atoms with Crippen molar-refractivity contribution in [2.24, 2.45) is 0 Å². The van der Waals surface area contributed by atoms with Gasteiger partial charge in [-0.3, -0.25) is 4.98 Å². The molecule has 0 fully saturated rings. The van der Waals surface area contributed by atoms with Crippen LogP contribution in [0.15, 0.2) is 30.6 Å². The Morgan fingerprint density at radius 2 is 2.37 bits per heavy atom. The van der Waals surface area contributed by atoms with Gasteiger partial charge in [0.25, 0.3) is 0 Å². The molecule has 2 atom stereocenters. The Balaban J connectivity index is 1.70. The number of rotatable bonds is 7. The first-order valence-corrected chi connectivity index (χ1v) is 6.71. The lowest BCUT2D eigenvalue weighted by Gasteiger charge is -2.16. The first kappa shape index (κ1) is 13.9. The van der Waals surface area contributed by atoms with Crippen molar-refractivity contribution in [3.05, 3.63) is 36.3 Å². The van der Waals surface area contributed by atoms with Crippen LogP contribution in [-0.4, -0.2) is 38.1 Å². The lowest BCUT2D eigenvalue weighted by molar-refractivity contribution is 0.102. The van der Waals surface area contributed by atoms with Gasteiger partial charge in [-0.05, 0) is 19.1 Å². The number of nitrogens with one attached hydrogen (secondary N) is 1. The Labute approximate surface area is 115 Å². The van der Waals surface area contributed by atoms with E-state index in [2.05, 4.69) is 19.0 Å². The lowest BCUT2D eigenvalue weighted by atomic mass is 10.2. The van der Waals surface area contributed by atoms with Crippen molar-refractivity contribution in [3.8, 4) is 5.88 Å². The average molecular weight is 280 g/mol. The molecular weight excluding hydrogens is 264 g/mol. The van der Waals surface area contributed by atoms with Crippen molar-refractivity contribution >= 4 is 11.7 Å². The molecule has 0 saturated carbocycles. The van der Waals surface area contributed by atoms with Gasteiger partial charge >= 0.3 is 0 Å². The highest BCUT2D eigenvalue weighted by molar-refractivity contribution is 6.99. The van der Waals surface area contributed by atoms with E-state index in [-0.39, 0.29) is 12.6 Å². The lowest BCUT2D eigenvalue weighted by Crippen LogP contribution is -2.33. The third-order valence-electron chi connectivity index (χ3n) is 2.56. The van der Waals surface area contributed by atoms with Gasteiger partial charge in [0.15, 0.2) is 0 Å². The summed E-state index contributed by atoms with van der Waals surface area (Å²) in [7, 11) is 0. The van der Waals surface area contributed by atoms with E-state index >= 15 is 0 Å². The molecule has 0 aliphatic rings. The molecule has 0 amide bonds. The minimum atomic E-state index is -0.604. The normalized spacial score (nSPS) is 14.0. The van der Waals surface area contributed by atoms with Crippen LogP contribution in [0.5, 0.6) is 5.88 Å². The van der Waals surface area contributed by atoms with Crippen LogP contribution in [0.4, 0.5) is 0 Å². The van der Waals surface area contributed by atoms with E-state index in [4.69, 9.17) is 4.74 Å². The van der Waals surface area contributed by atoms with Crippen molar-refractivity contribution < 1.29 is 9.84 Å². The van der Waals surface area contributed by atoms with Gasteiger partial charge in [0.2, 0.25) is 5.88 Å². The third-order valence-corrected chi connectivity index (χ3v) is 3.02. The molecule has 2 heterocycles. The average Bonchev–Trinajstić information content (AvgIpc) is 2.96. The van der Waals surface area contributed by atoms with Crippen LogP contribution < -0.4 is 10.1 Å². The highest BCUT2D eigenvalue weighted by Crippen LogP contribution is 2.08. The zero-order valence-corrected chi connectivity index (χ0v) is 11.4. The maximum atomic E-state index is 9.79. The molecule has 0 saturated heterocycles. The summed E-state index contributed by atoms with van der Waals surface area (Å²) in [5.74, 6) is 0.446. The first-order chi connectivity index (χ1) is 9.25. The summed E-state index contributed by atoms with van der Waals surface area (Å²) >= 11 is 1.08. The molecule has 0 aliphatic heterocycles. The Hall–Kier alpha value is -1.57. The molecule has 6 nitrogen and oxygen atoms in total. The summed E-state index contributed by atoms with van der Waals surface area (Å²) in [4.78, 5) is 4.25. The molecule has 2 rings (SSSR count). The van der Waals surface area contributed by atoms with Crippen LogP contribution in [0.3, 0.4) is 0 Å². The predicted octanol–water partition coefficient (Wildman–Crippen LogP) is 1.02. The summed E-state index contributed by atoms with van der Waals surface area (Å²) in [5.41, 5.74) is 0.944. The minimum Gasteiger partial charge on any atom is -0.473 e. The number of nitrogens with zero attached hydrogens (tertiary/aromatic N) is 3. The van der Waals surface area contributed by atoms with E-state index in [9.17, 15) is 5.11 Å². The molecule has 0 aromatic carbocycles. The van der Waals surface area contributed by atoms with Gasteiger partial charge in [0.1, 0.15) is 18.9 Å². The van der Waals surface area contributed by atoms with Crippen LogP contribution in [0.25, 0.3) is 0 Å². The standard InChI is InChI=1S/C12H16N4O2S/c1-9(11-4-2-3-5-13-11)14-6-10(17)8-18-12-7-15-19-16-12/h2-5,7,9-10,14,17H,6,8H2,1H3/t9-,10?/m0/s1. The Morgan fingerprint density at radius 3 is 3.05 bits per heavy atom. The number of aromatic nitrogens is 3. The summed E-state index contributed by atoms with van der Waals surface area (Å²) in [6.45, 7) is 2.61. The van der Waals surface area contributed by atoms with Gasteiger partial charge < -0.3 is 15.2 Å². The molecule has 19 heavy (non-hydrogen) atoms. The quantitative estimate of drug-likeness (QED) is 0.788. The Morgan fingerprint density at radius 1 is 1.47 bits per heavy atom. The largest absolute Gasteiger partial charge is 0.473 e. The van der Waals surface area contributed by atoms with E-state index in [1.807, 2.05) is 25.1 Å². The molecular formula is C12H16N4O2S. The summed E-state index contributed by atoms with van der Waals surface area (Å²) < 4.78 is 13.0. The maximum absolute atomic E-state index is 9.79. The molecule has 2 aromatic heterocycles. The van der Waals surface area contributed by atoms with E-state index in [1.54, 1.807) is 6.20 Å². The second kappa shape index (κ2) is 7.13. The summed E-state index contributed by atoms with van der Waals surface area (Å²) in [5, 5.41) is 13.0. The molecule has 102 valence electrons. The highest BCUT2D eigenvalue weighted by Gasteiger charge is 2.10. The predicted molar refractivity (Wildman–Crippen MR) is 72.1 cm³/mol. The van der Waals surface area contributed by atoms with E-state index in [0.717, 1.165) is 17.4 Å². The van der Waals surface area contributed by atoms with Gasteiger partial charge in [-0.1, -0.05) is 6.07 Å². The van der Waals surface area contributed by atoms with Crippen LogP contribution in [0.2, 0.25) is 0 Å². The topological polar surface area (TPSA) is 80.2 Å². The van der Waals surface area contributed by atoms with Crippen LogP contribution >= 0.6 is 11.7 Å². The molecule has 0 aliphatic carbocycles. The fourth-order valence-corrected chi connectivity index (χ4v) is 1.87. The SMILES string of the molecule is C[C@H](NCC(O)COc1cnsn1)c1ccccn1. The molecule has 0 bridgehead atoms. The van der Waals surface area contributed by atoms with Gasteiger partial charge in [-0.2, -0.15) is 4.37 Å². The van der Waals surface area contributed by atoms with Crippen molar-refractivity contribution in [1.29, 1.82) is 0 Å². The maximum Gasteiger partial charge on any atom is 0.245 e. The highest BCUT2D eigenvalue weighted by atomic mass is 32.1. The number of aliphatic hydroxyl groups is 1. The first-order valence-electron chi connectivity index (χ1n) is 5.98. The van der Waals surface area contributed by atoms with Crippen LogP contribution in [0.1, 0.15) is 18.7 Å². The molecule has 7 heteroatoms. The second-order valence-electron chi connectivity index (χ2n) is 4.10. The molecule has 2 aromatic rings. The van der Waals surface area contributed by atoms with E-state index in [1.165, 1.54) is 6.20 Å². The zero-order valence-electron chi connectivity index (χ0n) is 10.6. The van der Waals surface area contributed by atoms with Crippen LogP contribution in [0, 0.1) is 0 Å². The number of pyridine rings is 1. The van der Waals surface area contributed by atoms with Crippen molar-refractivity contribution in [2.45, 2.75) is 19.1 Å². The molecule has 0 spiro atoms. The zero-order chi connectivity index (χ0) is 13.5. The fraction of sp³-hybridized carbons (Fsp3) is 0.417. The molecule has 0 radical (unpaired) electrons. The fourth-order valence-electron chi connectivity index (χ4n) is 1.51. The van der Waals surface area contributed by atoms with Crippen molar-refractivity contribution in [1.82, 2.24) is 19.0 Å². The second-order valence-corrected chi connectivity index (χ2v) is 4.65. The number of aliphatic hydroxyl groups excluding tert-OH is 1. The molecule has 1 unspecified atom stereocenters. The smallest absolute Gasteiger partial charge is 0.245 e. The molecule has 2 N–H and O–H groups in total. The minimum absolute atomic E-state index is 0.0804. The summed E-state index contributed by atoms with van der Waals surface area (Å²) in [6.07, 6.45) is 2.68. The van der Waals surface area contributed by atoms with Gasteiger partial charge in [-0.25, -0.2) is 0 Å². The monoisotopic (exact) mass is 280 g/mol. The summed E-state index contributed by atoms with van der Waals surface area (Å²) in [6, 6.07) is 5.84. The van der Waals surface area contributed by atoms with Gasteiger partial charge in [0, 0.05) is 18.8 Å². The van der Waals surface area contributed by atoms with Gasteiger partial charge in [0.05, 0.1) is 17.4 Å². The number of ether oxygens (including phenoxy) is 1. The van der Waals surface area contributed by atoms with Crippen molar-refractivity contribution in [2.75, 3.05) is 13.2 Å². The number of hydrogen-bond donors (Lipinski definition) is 2. The van der Waals surface area contributed by atoms with Crippen LogP contribution in [-0.2, 0) is 0 Å². The third kappa shape index (κ3) is 4.55.